The molecule has 60 valence electrons. The van der Waals surface area contributed by atoms with Gasteiger partial charge in [-0.05, 0) is 25.4 Å². The standard InChI is InChI=1S/C8H11NOS/c1-6(9-2)8(10)7-3-4-11-5-7/h3-6,9H,1-2H3. The molecular formula is C8H11NOS. The number of Topliss-reactive ketones (excluding diaryl/α,β-unsaturated/α-hetero) is 1. The Morgan fingerprint density at radius 1 is 1.73 bits per heavy atom. The highest BCUT2D eigenvalue weighted by molar-refractivity contribution is 7.08. The molecule has 0 saturated carbocycles. The highest BCUT2D eigenvalue weighted by atomic mass is 32.1. The van der Waals surface area contributed by atoms with Crippen LogP contribution >= 0.6 is 11.3 Å². The van der Waals surface area contributed by atoms with Gasteiger partial charge in [0.1, 0.15) is 0 Å². The number of ketones is 1. The van der Waals surface area contributed by atoms with Gasteiger partial charge in [0, 0.05) is 10.9 Å². The zero-order valence-electron chi connectivity index (χ0n) is 6.63. The summed E-state index contributed by atoms with van der Waals surface area (Å²) in [6.07, 6.45) is 0. The van der Waals surface area contributed by atoms with E-state index in [0.717, 1.165) is 5.56 Å². The lowest BCUT2D eigenvalue weighted by Gasteiger charge is -2.05. The normalized spacial score (nSPS) is 12.9. The van der Waals surface area contributed by atoms with Gasteiger partial charge in [-0.25, -0.2) is 0 Å². The molecule has 1 atom stereocenters. The molecule has 0 fully saturated rings. The molecule has 0 aliphatic carbocycles. The molecule has 0 saturated heterocycles. The summed E-state index contributed by atoms with van der Waals surface area (Å²) in [6.45, 7) is 1.86. The Kier molecular flexibility index (Phi) is 2.79. The lowest BCUT2D eigenvalue weighted by molar-refractivity contribution is 0.0955. The van der Waals surface area contributed by atoms with Crippen LogP contribution < -0.4 is 5.32 Å². The van der Waals surface area contributed by atoms with E-state index in [-0.39, 0.29) is 11.8 Å². The number of hydrogen-bond donors (Lipinski definition) is 1. The zero-order valence-corrected chi connectivity index (χ0v) is 7.44. The topological polar surface area (TPSA) is 29.1 Å². The SMILES string of the molecule is CNC(C)C(=O)c1ccsc1. The molecule has 0 amide bonds. The maximum absolute atomic E-state index is 11.4. The predicted molar refractivity (Wildman–Crippen MR) is 47.2 cm³/mol. The number of thiophene rings is 1. The van der Waals surface area contributed by atoms with Crippen molar-refractivity contribution in [3.63, 3.8) is 0 Å². The van der Waals surface area contributed by atoms with Crippen LogP contribution in [-0.4, -0.2) is 18.9 Å². The Bertz CT molecular complexity index is 230. The van der Waals surface area contributed by atoms with E-state index in [2.05, 4.69) is 5.32 Å². The smallest absolute Gasteiger partial charge is 0.180 e. The zero-order chi connectivity index (χ0) is 8.27. The van der Waals surface area contributed by atoms with Gasteiger partial charge in [0.25, 0.3) is 0 Å². The first-order valence-corrected chi connectivity index (χ1v) is 4.43. The van der Waals surface area contributed by atoms with Gasteiger partial charge in [0.15, 0.2) is 5.78 Å². The van der Waals surface area contributed by atoms with Crippen molar-refractivity contribution in [3.8, 4) is 0 Å². The minimum absolute atomic E-state index is 0.0791. The summed E-state index contributed by atoms with van der Waals surface area (Å²) in [5.41, 5.74) is 0.803. The van der Waals surface area contributed by atoms with Gasteiger partial charge in [-0.15, -0.1) is 0 Å². The molecule has 1 heterocycles. The van der Waals surface area contributed by atoms with Crippen molar-refractivity contribution in [2.75, 3.05) is 7.05 Å². The lowest BCUT2D eigenvalue weighted by atomic mass is 10.1. The van der Waals surface area contributed by atoms with Gasteiger partial charge in [-0.1, -0.05) is 0 Å². The Labute approximate surface area is 70.2 Å². The molecule has 1 unspecified atom stereocenters. The predicted octanol–water partition coefficient (Wildman–Crippen LogP) is 1.54. The molecule has 11 heavy (non-hydrogen) atoms. The van der Waals surface area contributed by atoms with Crippen molar-refractivity contribution in [1.29, 1.82) is 0 Å². The maximum Gasteiger partial charge on any atom is 0.180 e. The number of carbonyl (C=O) groups excluding carboxylic acids is 1. The fraction of sp³-hybridized carbons (Fsp3) is 0.375. The number of likely N-dealkylation sites (N-methyl/N-ethyl adjacent to an activating group) is 1. The van der Waals surface area contributed by atoms with Gasteiger partial charge < -0.3 is 5.32 Å². The lowest BCUT2D eigenvalue weighted by Crippen LogP contribution is -2.30. The quantitative estimate of drug-likeness (QED) is 0.695. The third-order valence-corrected chi connectivity index (χ3v) is 2.32. The molecule has 0 aliphatic rings. The molecule has 1 N–H and O–H groups in total. The van der Waals surface area contributed by atoms with E-state index in [4.69, 9.17) is 0 Å². The van der Waals surface area contributed by atoms with Crippen molar-refractivity contribution in [3.05, 3.63) is 22.4 Å². The average Bonchev–Trinajstić information content (AvgIpc) is 2.53. The van der Waals surface area contributed by atoms with Gasteiger partial charge in [-0.2, -0.15) is 11.3 Å². The molecule has 3 heteroatoms. The summed E-state index contributed by atoms with van der Waals surface area (Å²) in [5, 5.41) is 6.69. The first-order chi connectivity index (χ1) is 5.25. The molecule has 0 bridgehead atoms. The maximum atomic E-state index is 11.4. The monoisotopic (exact) mass is 169 g/mol. The van der Waals surface area contributed by atoms with Gasteiger partial charge in [0.2, 0.25) is 0 Å². The minimum atomic E-state index is -0.0791. The molecule has 0 radical (unpaired) electrons. The number of hydrogen-bond acceptors (Lipinski definition) is 3. The average molecular weight is 169 g/mol. The first kappa shape index (κ1) is 8.43. The van der Waals surface area contributed by atoms with Crippen LogP contribution in [0.1, 0.15) is 17.3 Å². The summed E-state index contributed by atoms with van der Waals surface area (Å²) in [6, 6.07) is 1.77. The largest absolute Gasteiger partial charge is 0.310 e. The molecule has 1 aromatic rings. The second-order valence-corrected chi connectivity index (χ2v) is 3.17. The number of carbonyl (C=O) groups is 1. The van der Waals surface area contributed by atoms with Crippen LogP contribution in [-0.2, 0) is 0 Å². The highest BCUT2D eigenvalue weighted by Crippen LogP contribution is 2.08. The molecule has 1 rings (SSSR count). The highest BCUT2D eigenvalue weighted by Gasteiger charge is 2.12. The molecular weight excluding hydrogens is 158 g/mol. The van der Waals surface area contributed by atoms with Crippen molar-refractivity contribution < 1.29 is 4.79 Å². The molecule has 0 aromatic carbocycles. The summed E-state index contributed by atoms with van der Waals surface area (Å²) in [4.78, 5) is 11.4. The van der Waals surface area contributed by atoms with E-state index in [0.29, 0.717) is 0 Å². The molecule has 0 spiro atoms. The van der Waals surface area contributed by atoms with Gasteiger partial charge in [0.05, 0.1) is 6.04 Å². The summed E-state index contributed by atoms with van der Waals surface area (Å²) < 4.78 is 0. The van der Waals surface area contributed by atoms with Gasteiger partial charge in [-0.3, -0.25) is 4.79 Å². The molecule has 1 aromatic heterocycles. The van der Waals surface area contributed by atoms with E-state index in [9.17, 15) is 4.79 Å². The van der Waals surface area contributed by atoms with Crippen LogP contribution in [0.25, 0.3) is 0 Å². The van der Waals surface area contributed by atoms with E-state index in [1.165, 1.54) is 0 Å². The second kappa shape index (κ2) is 3.64. The van der Waals surface area contributed by atoms with E-state index in [1.54, 1.807) is 18.4 Å². The van der Waals surface area contributed by atoms with Crippen LogP contribution in [0.4, 0.5) is 0 Å². The molecule has 0 aliphatic heterocycles. The summed E-state index contributed by atoms with van der Waals surface area (Å²) >= 11 is 1.55. The Hall–Kier alpha value is -0.670. The van der Waals surface area contributed by atoms with Crippen molar-refractivity contribution in [2.45, 2.75) is 13.0 Å². The number of rotatable bonds is 3. The second-order valence-electron chi connectivity index (χ2n) is 2.39. The van der Waals surface area contributed by atoms with Crippen LogP contribution in [0.3, 0.4) is 0 Å². The summed E-state index contributed by atoms with van der Waals surface area (Å²) in [7, 11) is 1.79. The third kappa shape index (κ3) is 1.88. The Balaban J connectivity index is 2.70. The number of nitrogens with one attached hydrogen (secondary N) is 1. The third-order valence-electron chi connectivity index (χ3n) is 1.63. The van der Waals surface area contributed by atoms with Crippen LogP contribution in [0.5, 0.6) is 0 Å². The fourth-order valence-electron chi connectivity index (χ4n) is 0.786. The van der Waals surface area contributed by atoms with E-state index in [1.807, 2.05) is 23.8 Å². The molecule has 2 nitrogen and oxygen atoms in total. The first-order valence-electron chi connectivity index (χ1n) is 3.49. The van der Waals surface area contributed by atoms with E-state index >= 15 is 0 Å². The minimum Gasteiger partial charge on any atom is -0.310 e. The Morgan fingerprint density at radius 3 is 2.91 bits per heavy atom. The van der Waals surface area contributed by atoms with Crippen LogP contribution in [0.15, 0.2) is 16.8 Å². The summed E-state index contributed by atoms with van der Waals surface area (Å²) in [5.74, 6) is 0.161. The van der Waals surface area contributed by atoms with Crippen molar-refractivity contribution in [1.82, 2.24) is 5.32 Å². The van der Waals surface area contributed by atoms with Crippen molar-refractivity contribution in [2.24, 2.45) is 0 Å². The Morgan fingerprint density at radius 2 is 2.45 bits per heavy atom. The fourth-order valence-corrected chi connectivity index (χ4v) is 1.43. The van der Waals surface area contributed by atoms with Crippen LogP contribution in [0.2, 0.25) is 0 Å². The van der Waals surface area contributed by atoms with Crippen molar-refractivity contribution >= 4 is 17.1 Å². The van der Waals surface area contributed by atoms with Gasteiger partial charge >= 0.3 is 0 Å². The van der Waals surface area contributed by atoms with Crippen LogP contribution in [0, 0.1) is 0 Å². The van der Waals surface area contributed by atoms with E-state index < -0.39 is 0 Å².